The first-order valence-electron chi connectivity index (χ1n) is 11.3. The van der Waals surface area contributed by atoms with Crippen LogP contribution in [-0.4, -0.2) is 96.2 Å². The Labute approximate surface area is 215 Å². The van der Waals surface area contributed by atoms with Crippen LogP contribution in [0.1, 0.15) is 10.4 Å². The molecule has 3 aromatic rings. The Bertz CT molecular complexity index is 1260. The Balaban J connectivity index is 1.89. The second kappa shape index (κ2) is 12.7. The van der Waals surface area contributed by atoms with E-state index in [-0.39, 0.29) is 42.6 Å². The Morgan fingerprint density at radius 1 is 0.972 bits per heavy atom. The van der Waals surface area contributed by atoms with Gasteiger partial charge >= 0.3 is 0 Å². The maximum atomic E-state index is 14.2. The zero-order chi connectivity index (χ0) is 26.3. The predicted molar refractivity (Wildman–Crippen MR) is 139 cm³/mol. The van der Waals surface area contributed by atoms with Crippen LogP contribution in [0.4, 0.5) is 9.52 Å². The van der Waals surface area contributed by atoms with E-state index in [0.29, 0.717) is 28.5 Å². The molecule has 1 aromatic heterocycles. The third kappa shape index (κ3) is 6.64. The fourth-order valence-electron chi connectivity index (χ4n) is 3.42. The van der Waals surface area contributed by atoms with Gasteiger partial charge in [0.1, 0.15) is 11.3 Å². The van der Waals surface area contributed by atoms with Crippen molar-refractivity contribution in [1.82, 2.24) is 14.2 Å². The summed E-state index contributed by atoms with van der Waals surface area (Å²) in [4.78, 5) is 21.4. The summed E-state index contributed by atoms with van der Waals surface area (Å²) in [6.45, 7) is 1.72. The van der Waals surface area contributed by atoms with E-state index in [1.54, 1.807) is 12.1 Å². The van der Waals surface area contributed by atoms with Crippen molar-refractivity contribution in [3.8, 4) is 0 Å². The van der Waals surface area contributed by atoms with Crippen LogP contribution < -0.4 is 4.90 Å². The van der Waals surface area contributed by atoms with Crippen molar-refractivity contribution >= 4 is 42.6 Å². The molecule has 0 atom stereocenters. The number of amides is 1. The zero-order valence-electron chi connectivity index (χ0n) is 20.8. The highest BCUT2D eigenvalue weighted by Gasteiger charge is 2.26. The summed E-state index contributed by atoms with van der Waals surface area (Å²) < 4.78 is 52.6. The number of hydrogen-bond acceptors (Lipinski definition) is 8. The number of carbonyl (C=O) groups excluding carboxylic acids is 1. The quantitative estimate of drug-likeness (QED) is 0.330. The highest BCUT2D eigenvalue weighted by atomic mass is 32.2. The number of hydrogen-bond donors (Lipinski definition) is 0. The van der Waals surface area contributed by atoms with E-state index < -0.39 is 15.8 Å². The van der Waals surface area contributed by atoms with Gasteiger partial charge in [-0.2, -0.15) is 4.31 Å². The molecular formula is C24H31FN4O5S2. The minimum atomic E-state index is -3.81. The van der Waals surface area contributed by atoms with E-state index in [0.717, 1.165) is 0 Å². The molecule has 1 amide bonds. The number of halogens is 1. The van der Waals surface area contributed by atoms with Crippen molar-refractivity contribution in [3.05, 3.63) is 53.8 Å². The number of nitrogens with zero attached hydrogens (tertiary/aromatic N) is 4. The fraction of sp³-hybridized carbons (Fsp3) is 0.417. The molecule has 0 saturated heterocycles. The number of para-hydroxylation sites is 1. The molecule has 0 spiro atoms. The van der Waals surface area contributed by atoms with Crippen molar-refractivity contribution < 1.29 is 27.1 Å². The molecule has 0 bridgehead atoms. The van der Waals surface area contributed by atoms with Gasteiger partial charge in [0.2, 0.25) is 10.0 Å². The summed E-state index contributed by atoms with van der Waals surface area (Å²) in [6, 6.07) is 10.5. The molecule has 36 heavy (non-hydrogen) atoms. The topological polar surface area (TPSA) is 92.3 Å². The number of thiazole rings is 1. The minimum Gasteiger partial charge on any atom is -0.383 e. The zero-order valence-corrected chi connectivity index (χ0v) is 22.4. The highest BCUT2D eigenvalue weighted by molar-refractivity contribution is 7.89. The molecular weight excluding hydrogens is 507 g/mol. The van der Waals surface area contributed by atoms with E-state index >= 15 is 0 Å². The second-order valence-corrected chi connectivity index (χ2v) is 11.2. The van der Waals surface area contributed by atoms with Crippen LogP contribution in [0.25, 0.3) is 10.2 Å². The van der Waals surface area contributed by atoms with E-state index in [1.807, 2.05) is 19.0 Å². The third-order valence-corrected chi connectivity index (χ3v) is 8.39. The lowest BCUT2D eigenvalue weighted by molar-refractivity contribution is 0.0985. The summed E-state index contributed by atoms with van der Waals surface area (Å²) in [5, 5.41) is 0.379. The third-order valence-electron chi connectivity index (χ3n) is 5.43. The van der Waals surface area contributed by atoms with Crippen molar-refractivity contribution in [3.63, 3.8) is 0 Å². The number of sulfonamides is 1. The van der Waals surface area contributed by atoms with Gasteiger partial charge in [0.15, 0.2) is 5.13 Å². The number of ether oxygens (including phenoxy) is 2. The molecule has 1 heterocycles. The summed E-state index contributed by atoms with van der Waals surface area (Å²) in [7, 11) is 2.97. The van der Waals surface area contributed by atoms with Gasteiger partial charge in [0.25, 0.3) is 5.91 Å². The summed E-state index contributed by atoms with van der Waals surface area (Å²) in [6.07, 6.45) is 0. The van der Waals surface area contributed by atoms with E-state index in [1.165, 1.54) is 65.1 Å². The number of anilines is 1. The van der Waals surface area contributed by atoms with E-state index in [2.05, 4.69) is 4.98 Å². The van der Waals surface area contributed by atoms with Crippen molar-refractivity contribution in [2.75, 3.05) is 72.6 Å². The molecule has 3 rings (SSSR count). The first-order valence-corrected chi connectivity index (χ1v) is 13.5. The van der Waals surface area contributed by atoms with Crippen LogP contribution in [0.3, 0.4) is 0 Å². The maximum absolute atomic E-state index is 14.2. The van der Waals surface area contributed by atoms with Crippen molar-refractivity contribution in [2.45, 2.75) is 4.90 Å². The van der Waals surface area contributed by atoms with Gasteiger partial charge in [-0.1, -0.05) is 17.4 Å². The molecule has 9 nitrogen and oxygen atoms in total. The van der Waals surface area contributed by atoms with Gasteiger partial charge in [-0.15, -0.1) is 0 Å². The molecule has 2 aromatic carbocycles. The average molecular weight is 539 g/mol. The van der Waals surface area contributed by atoms with E-state index in [4.69, 9.17) is 9.47 Å². The van der Waals surface area contributed by atoms with Crippen LogP contribution in [0, 0.1) is 5.82 Å². The number of benzene rings is 2. The monoisotopic (exact) mass is 538 g/mol. The minimum absolute atomic E-state index is 0.0631. The highest BCUT2D eigenvalue weighted by Crippen LogP contribution is 2.31. The predicted octanol–water partition coefficient (Wildman–Crippen LogP) is 2.93. The summed E-state index contributed by atoms with van der Waals surface area (Å²) in [5.74, 6) is -0.799. The number of methoxy groups -OCH3 is 2. The van der Waals surface area contributed by atoms with Gasteiger partial charge in [-0.25, -0.2) is 17.8 Å². The molecule has 196 valence electrons. The smallest absolute Gasteiger partial charge is 0.260 e. The Kier molecular flexibility index (Phi) is 9.88. The Morgan fingerprint density at radius 3 is 2.17 bits per heavy atom. The SMILES string of the molecule is COCCN(CCOC)S(=O)(=O)c1ccc(C(=O)N(CCN(C)C)c2nc3c(F)cccc3s2)cc1. The normalized spacial score (nSPS) is 12.1. The van der Waals surface area contributed by atoms with Crippen LogP contribution in [0.15, 0.2) is 47.4 Å². The first kappa shape index (κ1) is 28.1. The molecule has 0 N–H and O–H groups in total. The molecule has 0 aliphatic rings. The van der Waals surface area contributed by atoms with Crippen LogP contribution >= 0.6 is 11.3 Å². The standard InChI is InChI=1S/C24H31FN4O5S2/c1-27(2)12-13-29(24-26-22-20(25)6-5-7-21(22)35-24)23(30)18-8-10-19(11-9-18)36(31,32)28(14-16-33-3)15-17-34-4/h5-11H,12-17H2,1-4H3. The lowest BCUT2D eigenvalue weighted by Gasteiger charge is -2.23. The lowest BCUT2D eigenvalue weighted by atomic mass is 10.2. The molecule has 0 fully saturated rings. The second-order valence-electron chi connectivity index (χ2n) is 8.26. The van der Waals surface area contributed by atoms with Gasteiger partial charge in [-0.05, 0) is 50.5 Å². The fourth-order valence-corrected chi connectivity index (χ4v) is 5.83. The number of aromatic nitrogens is 1. The summed E-state index contributed by atoms with van der Waals surface area (Å²) >= 11 is 1.23. The van der Waals surface area contributed by atoms with Crippen molar-refractivity contribution in [2.24, 2.45) is 0 Å². The Hall–Kier alpha value is -2.48. The molecule has 12 heteroatoms. The number of likely N-dealkylation sites (N-methyl/N-ethyl adjacent to an activating group) is 1. The van der Waals surface area contributed by atoms with Crippen LogP contribution in [0.5, 0.6) is 0 Å². The van der Waals surface area contributed by atoms with E-state index in [9.17, 15) is 17.6 Å². The molecule has 0 radical (unpaired) electrons. The van der Waals surface area contributed by atoms with Crippen LogP contribution in [0.2, 0.25) is 0 Å². The van der Waals surface area contributed by atoms with Crippen LogP contribution in [-0.2, 0) is 19.5 Å². The lowest BCUT2D eigenvalue weighted by Crippen LogP contribution is -2.37. The Morgan fingerprint density at radius 2 is 1.61 bits per heavy atom. The van der Waals surface area contributed by atoms with Crippen molar-refractivity contribution in [1.29, 1.82) is 0 Å². The first-order chi connectivity index (χ1) is 17.2. The van der Waals surface area contributed by atoms with Gasteiger partial charge in [0, 0.05) is 46.0 Å². The maximum Gasteiger partial charge on any atom is 0.260 e. The number of carbonyl (C=O) groups is 1. The largest absolute Gasteiger partial charge is 0.383 e. The molecule has 0 saturated carbocycles. The molecule has 0 aliphatic heterocycles. The number of fused-ring (bicyclic) bond motifs is 1. The molecule has 0 unspecified atom stereocenters. The average Bonchev–Trinajstić information content (AvgIpc) is 3.29. The van der Waals surface area contributed by atoms with Gasteiger partial charge in [-0.3, -0.25) is 9.69 Å². The summed E-state index contributed by atoms with van der Waals surface area (Å²) in [5.41, 5.74) is 0.515. The van der Waals surface area contributed by atoms with Gasteiger partial charge < -0.3 is 14.4 Å². The molecule has 0 aliphatic carbocycles. The number of rotatable bonds is 13. The van der Waals surface area contributed by atoms with Gasteiger partial charge in [0.05, 0.1) is 22.8 Å².